The third kappa shape index (κ3) is 5.74. The Morgan fingerprint density at radius 3 is 2.09 bits per heavy atom. The second kappa shape index (κ2) is 7.96. The number of piperazine rings is 1. The van der Waals surface area contributed by atoms with Crippen molar-refractivity contribution in [1.82, 2.24) is 10.2 Å². The summed E-state index contributed by atoms with van der Waals surface area (Å²) in [4.78, 5) is 0.766. The van der Waals surface area contributed by atoms with E-state index >= 15 is 0 Å². The predicted octanol–water partition coefficient (Wildman–Crippen LogP) is 4.23. The molecular formula is C13H15ClF6N2S. The van der Waals surface area contributed by atoms with Crippen LogP contribution in [0.15, 0.2) is 29.2 Å². The van der Waals surface area contributed by atoms with Gasteiger partial charge >= 0.3 is 11.7 Å². The molecule has 1 fully saturated rings. The van der Waals surface area contributed by atoms with Crippen LogP contribution in [0.3, 0.4) is 0 Å². The summed E-state index contributed by atoms with van der Waals surface area (Å²) in [5, 5.41) is 2.93. The predicted molar refractivity (Wildman–Crippen MR) is 78.8 cm³/mol. The van der Waals surface area contributed by atoms with E-state index in [1.807, 2.05) is 0 Å². The molecule has 2 nitrogen and oxygen atoms in total. The minimum absolute atomic E-state index is 0. The fourth-order valence-corrected chi connectivity index (χ4v) is 3.14. The van der Waals surface area contributed by atoms with Crippen LogP contribution in [0.5, 0.6) is 0 Å². The first-order valence-corrected chi connectivity index (χ1v) is 7.36. The Kier molecular flexibility index (Phi) is 7.06. The number of alkyl halides is 6. The lowest BCUT2D eigenvalue weighted by Crippen LogP contribution is -2.49. The lowest BCUT2D eigenvalue weighted by Gasteiger charge is -2.36. The van der Waals surface area contributed by atoms with E-state index in [1.54, 1.807) is 0 Å². The molecule has 1 aromatic rings. The summed E-state index contributed by atoms with van der Waals surface area (Å²) in [5.41, 5.74) is -4.98. The van der Waals surface area contributed by atoms with Crippen LogP contribution < -0.4 is 5.32 Å². The Balaban J connectivity index is 0.00000264. The molecule has 0 saturated carbocycles. The highest BCUT2D eigenvalue weighted by atomic mass is 35.5. The van der Waals surface area contributed by atoms with Crippen molar-refractivity contribution in [3.05, 3.63) is 29.8 Å². The largest absolute Gasteiger partial charge is 0.446 e. The maximum absolute atomic E-state index is 13.5. The number of thioether (sulfide) groups is 1. The van der Waals surface area contributed by atoms with Crippen molar-refractivity contribution in [3.63, 3.8) is 0 Å². The monoisotopic (exact) mass is 380 g/mol. The fraction of sp³-hybridized carbons (Fsp3) is 0.538. The highest BCUT2D eigenvalue weighted by Gasteiger charge is 2.46. The molecule has 0 unspecified atom stereocenters. The molecule has 1 N–H and O–H groups in total. The standard InChI is InChI=1S/C13H14F6N2S.ClH/c14-12(15,16)11(21-7-5-20-6-8-21)9-3-1-2-4-10(9)22-13(17,18)19;/h1-4,11,20H,5-8H2;1H/t11-;/m1./s1. The lowest BCUT2D eigenvalue weighted by atomic mass is 10.0. The third-order valence-electron chi connectivity index (χ3n) is 3.27. The Hall–Kier alpha value is -0.640. The van der Waals surface area contributed by atoms with Crippen LogP contribution in [0.4, 0.5) is 26.3 Å². The summed E-state index contributed by atoms with van der Waals surface area (Å²) in [6, 6.07) is 2.81. The molecule has 1 aliphatic rings. The van der Waals surface area contributed by atoms with Crippen molar-refractivity contribution in [2.24, 2.45) is 0 Å². The second-order valence-corrected chi connectivity index (χ2v) is 5.92. The highest BCUT2D eigenvalue weighted by molar-refractivity contribution is 8.00. The van der Waals surface area contributed by atoms with Gasteiger partial charge < -0.3 is 5.32 Å². The Morgan fingerprint density at radius 2 is 1.57 bits per heavy atom. The lowest BCUT2D eigenvalue weighted by molar-refractivity contribution is -0.188. The summed E-state index contributed by atoms with van der Waals surface area (Å²) in [7, 11) is 0. The first-order valence-electron chi connectivity index (χ1n) is 6.54. The van der Waals surface area contributed by atoms with Gasteiger partial charge in [-0.1, -0.05) is 18.2 Å². The van der Waals surface area contributed by atoms with Gasteiger partial charge in [0.2, 0.25) is 0 Å². The van der Waals surface area contributed by atoms with Gasteiger partial charge in [-0.25, -0.2) is 0 Å². The van der Waals surface area contributed by atoms with Crippen molar-refractivity contribution in [2.75, 3.05) is 26.2 Å². The third-order valence-corrected chi connectivity index (χ3v) is 4.09. The van der Waals surface area contributed by atoms with Crippen LogP contribution in [0.1, 0.15) is 11.6 Å². The summed E-state index contributed by atoms with van der Waals surface area (Å²) >= 11 is -0.506. The second-order valence-electron chi connectivity index (χ2n) is 4.82. The SMILES string of the molecule is Cl.FC(F)(F)Sc1ccccc1[C@@H](N1CCNCC1)C(F)(F)F. The van der Waals surface area contributed by atoms with E-state index in [0.717, 1.165) is 12.1 Å². The van der Waals surface area contributed by atoms with Gasteiger partial charge in [0.1, 0.15) is 6.04 Å². The molecule has 23 heavy (non-hydrogen) atoms. The topological polar surface area (TPSA) is 15.3 Å². The number of halogens is 7. The van der Waals surface area contributed by atoms with Crippen LogP contribution in [0.2, 0.25) is 0 Å². The van der Waals surface area contributed by atoms with Crippen molar-refractivity contribution in [3.8, 4) is 0 Å². The fourth-order valence-electron chi connectivity index (χ4n) is 2.44. The molecule has 0 aromatic heterocycles. The summed E-state index contributed by atoms with van der Waals surface area (Å²) in [6.45, 7) is 1.02. The van der Waals surface area contributed by atoms with Crippen LogP contribution in [0, 0.1) is 0 Å². The molecule has 1 saturated heterocycles. The van der Waals surface area contributed by atoms with Gasteiger partial charge in [0, 0.05) is 31.1 Å². The average molecular weight is 381 g/mol. The van der Waals surface area contributed by atoms with Gasteiger partial charge in [-0.2, -0.15) is 26.3 Å². The number of nitrogens with one attached hydrogen (secondary N) is 1. The van der Waals surface area contributed by atoms with E-state index in [9.17, 15) is 26.3 Å². The molecule has 1 heterocycles. The molecule has 2 rings (SSSR count). The molecule has 1 aliphatic heterocycles. The summed E-state index contributed by atoms with van der Waals surface area (Å²) in [6.07, 6.45) is -4.64. The van der Waals surface area contributed by atoms with Crippen molar-refractivity contribution in [2.45, 2.75) is 22.6 Å². The summed E-state index contributed by atoms with van der Waals surface area (Å²) < 4.78 is 78.1. The molecule has 0 aliphatic carbocycles. The molecule has 1 atom stereocenters. The van der Waals surface area contributed by atoms with Gasteiger partial charge in [0.15, 0.2) is 0 Å². The maximum atomic E-state index is 13.5. The molecule has 0 radical (unpaired) electrons. The number of rotatable bonds is 3. The number of nitrogens with zero attached hydrogens (tertiary/aromatic N) is 1. The highest BCUT2D eigenvalue weighted by Crippen LogP contribution is 2.45. The maximum Gasteiger partial charge on any atom is 0.446 e. The van der Waals surface area contributed by atoms with E-state index < -0.39 is 34.4 Å². The van der Waals surface area contributed by atoms with Crippen molar-refractivity contribution >= 4 is 24.2 Å². The van der Waals surface area contributed by atoms with Crippen molar-refractivity contribution < 1.29 is 26.3 Å². The minimum atomic E-state index is -4.64. The van der Waals surface area contributed by atoms with Crippen LogP contribution in [-0.2, 0) is 0 Å². The number of hydrogen-bond donors (Lipinski definition) is 1. The van der Waals surface area contributed by atoms with Gasteiger partial charge in [-0.05, 0) is 23.4 Å². The zero-order valence-electron chi connectivity index (χ0n) is 11.7. The minimum Gasteiger partial charge on any atom is -0.314 e. The molecule has 0 bridgehead atoms. The van der Waals surface area contributed by atoms with E-state index in [0.29, 0.717) is 13.1 Å². The normalized spacial score (nSPS) is 18.3. The Morgan fingerprint density at radius 1 is 1.00 bits per heavy atom. The van der Waals surface area contributed by atoms with Crippen LogP contribution in [0.25, 0.3) is 0 Å². The number of hydrogen-bond acceptors (Lipinski definition) is 3. The number of benzene rings is 1. The zero-order valence-corrected chi connectivity index (χ0v) is 13.4. The molecule has 0 amide bonds. The Bertz CT molecular complexity index is 502. The van der Waals surface area contributed by atoms with Gasteiger partial charge in [0.25, 0.3) is 0 Å². The zero-order chi connectivity index (χ0) is 16.4. The Labute approximate surface area is 140 Å². The first kappa shape index (κ1) is 20.4. The van der Waals surface area contributed by atoms with E-state index in [1.165, 1.54) is 17.0 Å². The van der Waals surface area contributed by atoms with Crippen LogP contribution >= 0.6 is 24.2 Å². The molecule has 0 spiro atoms. The smallest absolute Gasteiger partial charge is 0.314 e. The molecular weight excluding hydrogens is 366 g/mol. The van der Waals surface area contributed by atoms with E-state index in [-0.39, 0.29) is 31.1 Å². The molecule has 132 valence electrons. The van der Waals surface area contributed by atoms with Crippen molar-refractivity contribution in [1.29, 1.82) is 0 Å². The first-order chi connectivity index (χ1) is 10.2. The van der Waals surface area contributed by atoms with Gasteiger partial charge in [-0.3, -0.25) is 4.90 Å². The van der Waals surface area contributed by atoms with Crippen LogP contribution in [-0.4, -0.2) is 42.8 Å². The van der Waals surface area contributed by atoms with Gasteiger partial charge in [0.05, 0.1) is 0 Å². The molecule has 1 aromatic carbocycles. The quantitative estimate of drug-likeness (QED) is 0.624. The van der Waals surface area contributed by atoms with Gasteiger partial charge in [-0.15, -0.1) is 12.4 Å². The molecule has 10 heteroatoms. The van der Waals surface area contributed by atoms with E-state index in [2.05, 4.69) is 5.32 Å². The average Bonchev–Trinajstić information content (AvgIpc) is 2.39. The summed E-state index contributed by atoms with van der Waals surface area (Å²) in [5.74, 6) is 0. The van der Waals surface area contributed by atoms with E-state index in [4.69, 9.17) is 0 Å².